The molecule has 1 aliphatic rings. The Morgan fingerprint density at radius 2 is 2.00 bits per heavy atom. The van der Waals surface area contributed by atoms with Crippen LogP contribution in [0, 0.1) is 0 Å². The van der Waals surface area contributed by atoms with Crippen LogP contribution < -0.4 is 0 Å². The molecule has 10 heavy (non-hydrogen) atoms. The van der Waals surface area contributed by atoms with Crippen LogP contribution in [-0.2, 0) is 4.74 Å². The van der Waals surface area contributed by atoms with E-state index in [0.29, 0.717) is 0 Å². The van der Waals surface area contributed by atoms with Gasteiger partial charge in [-0.15, -0.1) is 0 Å². The third-order valence-corrected chi connectivity index (χ3v) is 1.65. The van der Waals surface area contributed by atoms with Crippen LogP contribution in [0.2, 0.25) is 0 Å². The first-order valence-electron chi connectivity index (χ1n) is 3.87. The second kappa shape index (κ2) is 2.51. The summed E-state index contributed by atoms with van der Waals surface area (Å²) in [6, 6.07) is 0.752. The molecule has 2 nitrogen and oxygen atoms in total. The molecule has 2 atom stereocenters. The lowest BCUT2D eigenvalue weighted by atomic mass is 10.2. The summed E-state index contributed by atoms with van der Waals surface area (Å²) < 4.78 is 5.55. The van der Waals surface area contributed by atoms with Gasteiger partial charge in [0.1, 0.15) is 6.73 Å². The predicted octanol–water partition coefficient (Wildman–Crippen LogP) is 1.46. The van der Waals surface area contributed by atoms with Gasteiger partial charge >= 0.3 is 0 Å². The maximum absolute atomic E-state index is 5.55. The molecule has 0 radical (unpaired) electrons. The Morgan fingerprint density at radius 3 is 2.30 bits per heavy atom. The highest BCUT2D eigenvalue weighted by Crippen LogP contribution is 2.17. The first-order valence-corrected chi connectivity index (χ1v) is 3.87. The van der Waals surface area contributed by atoms with Gasteiger partial charge < -0.3 is 4.74 Å². The standard InChI is InChI=1S/C8H17NO/c1-7-5-9(7)6-10-8(2,3)4/h7H,5-6H2,1-4H3. The number of rotatable bonds is 2. The fraction of sp³-hybridized carbons (Fsp3) is 1.00. The first-order chi connectivity index (χ1) is 4.49. The number of ether oxygens (including phenoxy) is 1. The Bertz CT molecular complexity index is 117. The molecule has 2 unspecified atom stereocenters. The van der Waals surface area contributed by atoms with Crippen LogP contribution in [0.4, 0.5) is 0 Å². The van der Waals surface area contributed by atoms with E-state index in [1.165, 1.54) is 6.54 Å². The lowest BCUT2D eigenvalue weighted by molar-refractivity contribution is -0.0364. The molecule has 0 aliphatic carbocycles. The number of nitrogens with zero attached hydrogens (tertiary/aromatic N) is 1. The molecule has 2 heteroatoms. The van der Waals surface area contributed by atoms with Crippen LogP contribution in [0.1, 0.15) is 27.7 Å². The Kier molecular flexibility index (Phi) is 2.02. The molecule has 0 spiro atoms. The molecule has 0 aromatic rings. The molecular formula is C8H17NO. The van der Waals surface area contributed by atoms with Crippen molar-refractivity contribution in [2.45, 2.75) is 39.3 Å². The normalized spacial score (nSPS) is 32.4. The lowest BCUT2D eigenvalue weighted by Gasteiger charge is -2.19. The molecule has 0 aromatic heterocycles. The molecular weight excluding hydrogens is 126 g/mol. The van der Waals surface area contributed by atoms with Gasteiger partial charge in [0, 0.05) is 12.6 Å². The van der Waals surface area contributed by atoms with Gasteiger partial charge in [0.15, 0.2) is 0 Å². The lowest BCUT2D eigenvalue weighted by Crippen LogP contribution is -2.23. The predicted molar refractivity (Wildman–Crippen MR) is 41.9 cm³/mol. The summed E-state index contributed by atoms with van der Waals surface area (Å²) in [5.41, 5.74) is 0.0162. The molecule has 60 valence electrons. The number of hydrogen-bond acceptors (Lipinski definition) is 2. The quantitative estimate of drug-likeness (QED) is 0.542. The van der Waals surface area contributed by atoms with Crippen LogP contribution >= 0.6 is 0 Å². The Balaban J connectivity index is 2.06. The topological polar surface area (TPSA) is 12.2 Å². The van der Waals surface area contributed by atoms with Crippen molar-refractivity contribution in [3.05, 3.63) is 0 Å². The highest BCUT2D eigenvalue weighted by atomic mass is 16.5. The van der Waals surface area contributed by atoms with E-state index in [1.807, 2.05) is 0 Å². The second-order valence-electron chi connectivity index (χ2n) is 4.01. The van der Waals surface area contributed by atoms with Gasteiger partial charge in [-0.05, 0) is 27.7 Å². The third kappa shape index (κ3) is 2.67. The van der Waals surface area contributed by atoms with Crippen molar-refractivity contribution in [3.63, 3.8) is 0 Å². The fourth-order valence-corrected chi connectivity index (χ4v) is 0.749. The van der Waals surface area contributed by atoms with E-state index >= 15 is 0 Å². The minimum atomic E-state index is 0.0162. The van der Waals surface area contributed by atoms with Crippen molar-refractivity contribution in [2.24, 2.45) is 0 Å². The van der Waals surface area contributed by atoms with Gasteiger partial charge in [0.05, 0.1) is 5.60 Å². The molecule has 0 bridgehead atoms. The zero-order valence-electron chi connectivity index (χ0n) is 7.35. The van der Waals surface area contributed by atoms with E-state index < -0.39 is 0 Å². The van der Waals surface area contributed by atoms with Crippen LogP contribution in [0.15, 0.2) is 0 Å². The summed E-state index contributed by atoms with van der Waals surface area (Å²) in [5.74, 6) is 0. The zero-order valence-corrected chi connectivity index (χ0v) is 7.35. The summed E-state index contributed by atoms with van der Waals surface area (Å²) in [5, 5.41) is 0. The van der Waals surface area contributed by atoms with E-state index in [9.17, 15) is 0 Å². The van der Waals surface area contributed by atoms with E-state index in [-0.39, 0.29) is 5.60 Å². The summed E-state index contributed by atoms with van der Waals surface area (Å²) in [4.78, 5) is 2.30. The van der Waals surface area contributed by atoms with Gasteiger partial charge in [-0.25, -0.2) is 0 Å². The van der Waals surface area contributed by atoms with Crippen molar-refractivity contribution in [1.82, 2.24) is 4.90 Å². The van der Waals surface area contributed by atoms with Gasteiger partial charge in [0.2, 0.25) is 0 Å². The van der Waals surface area contributed by atoms with Crippen molar-refractivity contribution in [1.29, 1.82) is 0 Å². The summed E-state index contributed by atoms with van der Waals surface area (Å²) in [6.45, 7) is 10.5. The van der Waals surface area contributed by atoms with Crippen molar-refractivity contribution in [3.8, 4) is 0 Å². The Morgan fingerprint density at radius 1 is 1.50 bits per heavy atom. The van der Waals surface area contributed by atoms with Crippen LogP contribution in [0.3, 0.4) is 0 Å². The van der Waals surface area contributed by atoms with E-state index in [4.69, 9.17) is 4.74 Å². The van der Waals surface area contributed by atoms with E-state index in [0.717, 1.165) is 12.8 Å². The van der Waals surface area contributed by atoms with Crippen LogP contribution in [-0.4, -0.2) is 29.8 Å². The van der Waals surface area contributed by atoms with Crippen molar-refractivity contribution >= 4 is 0 Å². The molecule has 0 N–H and O–H groups in total. The molecule has 1 heterocycles. The third-order valence-electron chi connectivity index (χ3n) is 1.65. The van der Waals surface area contributed by atoms with Gasteiger partial charge in [-0.1, -0.05) is 0 Å². The second-order valence-corrected chi connectivity index (χ2v) is 4.01. The van der Waals surface area contributed by atoms with Gasteiger partial charge in [-0.3, -0.25) is 4.90 Å². The van der Waals surface area contributed by atoms with Gasteiger partial charge in [0.25, 0.3) is 0 Å². The van der Waals surface area contributed by atoms with Crippen molar-refractivity contribution in [2.75, 3.05) is 13.3 Å². The highest BCUT2D eigenvalue weighted by Gasteiger charge is 2.29. The summed E-state index contributed by atoms with van der Waals surface area (Å²) in [7, 11) is 0. The molecule has 0 aromatic carbocycles. The summed E-state index contributed by atoms with van der Waals surface area (Å²) >= 11 is 0. The average Bonchev–Trinajstić information content (AvgIpc) is 2.40. The zero-order chi connectivity index (χ0) is 7.78. The smallest absolute Gasteiger partial charge is 0.100 e. The average molecular weight is 143 g/mol. The first kappa shape index (κ1) is 8.02. The van der Waals surface area contributed by atoms with Crippen molar-refractivity contribution < 1.29 is 4.74 Å². The monoisotopic (exact) mass is 143 g/mol. The molecule has 0 amide bonds. The van der Waals surface area contributed by atoms with E-state index in [1.54, 1.807) is 0 Å². The largest absolute Gasteiger partial charge is 0.360 e. The Labute approximate surface area is 63.2 Å². The highest BCUT2D eigenvalue weighted by molar-refractivity contribution is 4.82. The SMILES string of the molecule is CC1CN1COC(C)(C)C. The van der Waals surface area contributed by atoms with Gasteiger partial charge in [-0.2, -0.15) is 0 Å². The maximum atomic E-state index is 5.55. The van der Waals surface area contributed by atoms with Crippen LogP contribution in [0.5, 0.6) is 0 Å². The minimum Gasteiger partial charge on any atom is -0.360 e. The van der Waals surface area contributed by atoms with E-state index in [2.05, 4.69) is 32.6 Å². The maximum Gasteiger partial charge on any atom is 0.100 e. The molecule has 1 fully saturated rings. The molecule has 1 rings (SSSR count). The molecule has 1 saturated heterocycles. The molecule has 0 saturated carbocycles. The van der Waals surface area contributed by atoms with Crippen LogP contribution in [0.25, 0.3) is 0 Å². The fourth-order valence-electron chi connectivity index (χ4n) is 0.749. The number of hydrogen-bond donors (Lipinski definition) is 0. The summed E-state index contributed by atoms with van der Waals surface area (Å²) in [6.07, 6.45) is 0. The Hall–Kier alpha value is -0.0800. The molecule has 1 aliphatic heterocycles. The minimum absolute atomic E-state index is 0.0162.